The molecule has 15 heteroatoms. The molecule has 0 aliphatic carbocycles. The molecule has 0 amide bonds. The molecule has 0 aliphatic rings. The maximum absolute atomic E-state index is 12.7. The molecule has 0 saturated heterocycles. The number of imidazole rings is 1. The molecule has 0 atom stereocenters. The van der Waals surface area contributed by atoms with Crippen molar-refractivity contribution in [1.82, 2.24) is 24.5 Å². The molecule has 0 aliphatic heterocycles. The lowest BCUT2D eigenvalue weighted by Gasteiger charge is -2.21. The zero-order valence-electron chi connectivity index (χ0n) is 27.5. The molecule has 0 bridgehead atoms. The van der Waals surface area contributed by atoms with Crippen LogP contribution < -0.4 is 20.7 Å². The maximum atomic E-state index is 12.7. The molecule has 0 saturated carbocycles. The summed E-state index contributed by atoms with van der Waals surface area (Å²) in [5.74, 6) is -0.0325. The summed E-state index contributed by atoms with van der Waals surface area (Å²) in [5, 5.41) is 22.4. The Hall–Kier alpha value is -4.85. The minimum absolute atomic E-state index is 0.125. The number of hydrogen-bond acceptors (Lipinski definition) is 11. The largest absolute Gasteiger partial charge is 0.434 e. The van der Waals surface area contributed by atoms with Crippen molar-refractivity contribution in [3.05, 3.63) is 119 Å². The predicted molar refractivity (Wildman–Crippen MR) is 187 cm³/mol. The highest BCUT2D eigenvalue weighted by Gasteiger charge is 2.21. The second-order valence-electron chi connectivity index (χ2n) is 10.7. The summed E-state index contributed by atoms with van der Waals surface area (Å²) in [5.41, 5.74) is 0.580. The third-order valence-corrected chi connectivity index (χ3v) is 9.65. The van der Waals surface area contributed by atoms with Crippen molar-refractivity contribution < 1.29 is 33.4 Å². The Morgan fingerprint density at radius 2 is 1.34 bits per heavy atom. The zero-order chi connectivity index (χ0) is 34.8. The van der Waals surface area contributed by atoms with Crippen LogP contribution in [0.3, 0.4) is 0 Å². The molecule has 262 valence electrons. The van der Waals surface area contributed by atoms with E-state index in [0.29, 0.717) is 64.2 Å². The topological polar surface area (TPSA) is 155 Å². The number of hydrogen-bond donors (Lipinski definition) is 0. The van der Waals surface area contributed by atoms with E-state index in [4.69, 9.17) is 23.7 Å². The van der Waals surface area contributed by atoms with E-state index in [1.54, 1.807) is 10.9 Å². The SMILES string of the molecule is O=C(CCOCCOCCOCCOCCn1cc(Cn2ccnc2[N+](=O)[O-])nn1)Oc1ccccc1P(c1ccccc1)c1ccccc1. The van der Waals surface area contributed by atoms with Crippen LogP contribution in [0.2, 0.25) is 0 Å². The van der Waals surface area contributed by atoms with E-state index in [1.165, 1.54) is 27.6 Å². The van der Waals surface area contributed by atoms with Gasteiger partial charge in [-0.25, -0.2) is 9.25 Å². The van der Waals surface area contributed by atoms with Gasteiger partial charge in [-0.15, -0.1) is 5.10 Å². The highest BCUT2D eigenvalue weighted by atomic mass is 31.1. The van der Waals surface area contributed by atoms with Crippen molar-refractivity contribution in [2.24, 2.45) is 0 Å². The molecule has 0 fully saturated rings. The van der Waals surface area contributed by atoms with Crippen LogP contribution in [0.15, 0.2) is 104 Å². The summed E-state index contributed by atoms with van der Waals surface area (Å²) in [6.07, 6.45) is 4.74. The van der Waals surface area contributed by atoms with Crippen molar-refractivity contribution >= 4 is 35.8 Å². The molecule has 0 spiro atoms. The summed E-state index contributed by atoms with van der Waals surface area (Å²) in [7, 11) is -0.910. The molecule has 5 aromatic rings. The normalized spacial score (nSPS) is 11.2. The Morgan fingerprint density at radius 1 is 0.760 bits per heavy atom. The van der Waals surface area contributed by atoms with Gasteiger partial charge in [-0.2, -0.15) is 0 Å². The van der Waals surface area contributed by atoms with E-state index in [1.807, 2.05) is 60.7 Å². The Morgan fingerprint density at radius 3 is 1.98 bits per heavy atom. The van der Waals surface area contributed by atoms with Crippen molar-refractivity contribution in [3.8, 4) is 5.75 Å². The summed E-state index contributed by atoms with van der Waals surface area (Å²) in [4.78, 5) is 26.9. The van der Waals surface area contributed by atoms with Crippen molar-refractivity contribution in [1.29, 1.82) is 0 Å². The minimum atomic E-state index is -0.910. The molecule has 0 unspecified atom stereocenters. The molecule has 2 heterocycles. The second-order valence-corrected chi connectivity index (χ2v) is 12.9. The number of carbonyl (C=O) groups is 1. The summed E-state index contributed by atoms with van der Waals surface area (Å²) in [6, 6.07) is 28.3. The molecule has 50 heavy (non-hydrogen) atoms. The number of carbonyl (C=O) groups excluding carboxylic acids is 1. The van der Waals surface area contributed by atoms with Crippen LogP contribution in [0.25, 0.3) is 0 Å². The number of benzene rings is 3. The third kappa shape index (κ3) is 11.4. The first kappa shape index (κ1) is 36.4. The molecular formula is C35H39N6O8P. The first-order chi connectivity index (χ1) is 24.6. The van der Waals surface area contributed by atoms with Gasteiger partial charge in [-0.1, -0.05) is 89.1 Å². The van der Waals surface area contributed by atoms with Crippen LogP contribution in [0.5, 0.6) is 5.75 Å². The standard InChI is InChI=1S/C35H39N6O8P/c42-34(49-32-13-7-8-14-33(32)50(30-9-3-1-4-10-30)31-11-5-2-6-12-31)15-19-45-21-23-47-25-26-48-24-22-46-20-18-40-28-29(37-38-40)27-39-17-16-36-35(39)41(43)44/h1-14,16-17,28H,15,18-27H2. The monoisotopic (exact) mass is 702 g/mol. The average molecular weight is 703 g/mol. The van der Waals surface area contributed by atoms with Gasteiger partial charge in [0.25, 0.3) is 0 Å². The Kier molecular flexibility index (Phi) is 14.6. The predicted octanol–water partition coefficient (Wildman–Crippen LogP) is 3.25. The smallest absolute Gasteiger partial charge is 0.426 e. The van der Waals surface area contributed by atoms with Gasteiger partial charge in [-0.05, 0) is 29.5 Å². The van der Waals surface area contributed by atoms with Gasteiger partial charge in [0.05, 0.1) is 72.0 Å². The molecule has 0 N–H and O–H groups in total. The first-order valence-electron chi connectivity index (χ1n) is 16.1. The number of ether oxygens (including phenoxy) is 5. The quantitative estimate of drug-likeness (QED) is 0.0261. The second kappa shape index (κ2) is 20.0. The minimum Gasteiger partial charge on any atom is -0.426 e. The van der Waals surface area contributed by atoms with E-state index < -0.39 is 12.8 Å². The van der Waals surface area contributed by atoms with Crippen molar-refractivity contribution in [2.45, 2.75) is 19.5 Å². The number of nitro groups is 1. The fourth-order valence-electron chi connectivity index (χ4n) is 4.85. The highest BCUT2D eigenvalue weighted by molar-refractivity contribution is 7.80. The molecular weight excluding hydrogens is 663 g/mol. The van der Waals surface area contributed by atoms with E-state index in [9.17, 15) is 14.9 Å². The van der Waals surface area contributed by atoms with Crippen LogP contribution in [0, 0.1) is 10.1 Å². The van der Waals surface area contributed by atoms with Crippen LogP contribution in [-0.2, 0) is 36.8 Å². The molecule has 2 aromatic heterocycles. The lowest BCUT2D eigenvalue weighted by atomic mass is 10.3. The zero-order valence-corrected chi connectivity index (χ0v) is 28.4. The molecule has 3 aromatic carbocycles. The number of aromatic nitrogens is 5. The van der Waals surface area contributed by atoms with Gasteiger partial charge < -0.3 is 33.8 Å². The molecule has 14 nitrogen and oxygen atoms in total. The fourth-order valence-corrected chi connectivity index (χ4v) is 7.22. The Labute approximate surface area is 290 Å². The van der Waals surface area contributed by atoms with Gasteiger partial charge in [0.1, 0.15) is 30.4 Å². The van der Waals surface area contributed by atoms with Gasteiger partial charge in [-0.3, -0.25) is 4.79 Å². The van der Waals surface area contributed by atoms with E-state index in [-0.39, 0.29) is 31.5 Å². The van der Waals surface area contributed by atoms with Crippen LogP contribution in [-0.4, -0.2) is 88.3 Å². The lowest BCUT2D eigenvalue weighted by molar-refractivity contribution is -0.396. The van der Waals surface area contributed by atoms with Gasteiger partial charge >= 0.3 is 11.9 Å². The third-order valence-electron chi connectivity index (χ3n) is 7.17. The van der Waals surface area contributed by atoms with Gasteiger partial charge in [0, 0.05) is 5.30 Å². The van der Waals surface area contributed by atoms with Crippen molar-refractivity contribution in [2.75, 3.05) is 52.9 Å². The van der Waals surface area contributed by atoms with Crippen LogP contribution in [0.4, 0.5) is 5.95 Å². The maximum Gasteiger partial charge on any atom is 0.434 e. The first-order valence-corrected chi connectivity index (χ1v) is 17.5. The molecule has 5 rings (SSSR count). The molecule has 0 radical (unpaired) electrons. The van der Waals surface area contributed by atoms with Gasteiger partial charge in [0.2, 0.25) is 0 Å². The average Bonchev–Trinajstić information content (AvgIpc) is 3.80. The van der Waals surface area contributed by atoms with Crippen molar-refractivity contribution in [3.63, 3.8) is 0 Å². The Bertz CT molecular complexity index is 1710. The van der Waals surface area contributed by atoms with E-state index in [2.05, 4.69) is 39.6 Å². The van der Waals surface area contributed by atoms with Crippen LogP contribution in [0.1, 0.15) is 12.1 Å². The highest BCUT2D eigenvalue weighted by Crippen LogP contribution is 2.36. The van der Waals surface area contributed by atoms with Gasteiger partial charge in [0.15, 0.2) is 0 Å². The van der Waals surface area contributed by atoms with E-state index >= 15 is 0 Å². The number of esters is 1. The fraction of sp³-hybridized carbons (Fsp3) is 0.314. The summed E-state index contributed by atoms with van der Waals surface area (Å²) >= 11 is 0. The number of para-hydroxylation sites is 1. The number of nitrogens with zero attached hydrogens (tertiary/aromatic N) is 6. The van der Waals surface area contributed by atoms with Crippen LogP contribution >= 0.6 is 7.92 Å². The lowest BCUT2D eigenvalue weighted by Crippen LogP contribution is -2.23. The Balaban J connectivity index is 0.893. The summed E-state index contributed by atoms with van der Waals surface area (Å²) < 4.78 is 31.1. The number of rotatable bonds is 22. The summed E-state index contributed by atoms with van der Waals surface area (Å²) in [6.45, 7) is 3.70. The van der Waals surface area contributed by atoms with E-state index in [0.717, 1.165) is 5.30 Å².